The highest BCUT2D eigenvalue weighted by Gasteiger charge is 2.34. The lowest BCUT2D eigenvalue weighted by atomic mass is 10.2. The summed E-state index contributed by atoms with van der Waals surface area (Å²) >= 11 is 0. The third kappa shape index (κ3) is 3.35. The molecule has 1 N–H and O–H groups in total. The molecule has 1 aliphatic heterocycles. The smallest absolute Gasteiger partial charge is 0.339 e. The highest BCUT2D eigenvalue weighted by molar-refractivity contribution is 6.03. The topological polar surface area (TPSA) is 106 Å². The fourth-order valence-electron chi connectivity index (χ4n) is 2.62. The number of ether oxygens (including phenoxy) is 1. The van der Waals surface area contributed by atoms with Crippen LogP contribution in [0.15, 0.2) is 30.7 Å². The van der Waals surface area contributed by atoms with Crippen molar-refractivity contribution < 1.29 is 19.1 Å². The summed E-state index contributed by atoms with van der Waals surface area (Å²) in [5.74, 6) is -1.19. The summed E-state index contributed by atoms with van der Waals surface area (Å²) in [5.41, 5.74) is 1.07. The first-order valence-electron chi connectivity index (χ1n) is 7.65. The number of nitrogens with one attached hydrogen (secondary N) is 1. The Morgan fingerprint density at radius 1 is 1.32 bits per heavy atom. The van der Waals surface area contributed by atoms with E-state index in [4.69, 9.17) is 0 Å². The van der Waals surface area contributed by atoms with Crippen molar-refractivity contribution in [1.29, 1.82) is 0 Å². The number of amides is 2. The van der Waals surface area contributed by atoms with Crippen molar-refractivity contribution in [3.05, 3.63) is 42.0 Å². The van der Waals surface area contributed by atoms with Gasteiger partial charge in [0.05, 0.1) is 24.6 Å². The quantitative estimate of drug-likeness (QED) is 0.791. The van der Waals surface area contributed by atoms with E-state index in [1.165, 1.54) is 25.4 Å². The Balaban J connectivity index is 1.65. The average molecular weight is 343 g/mol. The van der Waals surface area contributed by atoms with Crippen molar-refractivity contribution in [3.8, 4) is 0 Å². The number of methoxy groups -OCH3 is 1. The van der Waals surface area contributed by atoms with Crippen LogP contribution in [0.5, 0.6) is 0 Å². The second kappa shape index (κ2) is 6.71. The van der Waals surface area contributed by atoms with Gasteiger partial charge in [-0.05, 0) is 18.6 Å². The van der Waals surface area contributed by atoms with Crippen molar-refractivity contribution in [3.63, 3.8) is 0 Å². The Morgan fingerprint density at radius 3 is 2.72 bits per heavy atom. The molecule has 2 amide bonds. The first-order valence-corrected chi connectivity index (χ1v) is 7.65. The highest BCUT2D eigenvalue weighted by atomic mass is 16.5. The molecule has 2 aromatic rings. The predicted octanol–water partition coefficient (Wildman–Crippen LogP) is 0.137. The van der Waals surface area contributed by atoms with Crippen molar-refractivity contribution in [2.45, 2.75) is 12.5 Å². The molecule has 0 spiro atoms. The Bertz CT molecular complexity index is 814. The van der Waals surface area contributed by atoms with E-state index in [0.29, 0.717) is 18.7 Å². The van der Waals surface area contributed by atoms with Crippen molar-refractivity contribution >= 4 is 23.5 Å². The Kier molecular flexibility index (Phi) is 4.46. The van der Waals surface area contributed by atoms with Crippen LogP contribution in [0.1, 0.15) is 27.3 Å². The van der Waals surface area contributed by atoms with Gasteiger partial charge < -0.3 is 15.0 Å². The second-order valence-corrected chi connectivity index (χ2v) is 5.60. The molecule has 0 aliphatic carbocycles. The normalized spacial score (nSPS) is 16.8. The molecule has 1 saturated heterocycles. The van der Waals surface area contributed by atoms with Crippen LogP contribution in [0, 0.1) is 0 Å². The Hall–Kier alpha value is -3.23. The van der Waals surface area contributed by atoms with Gasteiger partial charge in [-0.3, -0.25) is 19.3 Å². The first kappa shape index (κ1) is 16.6. The van der Waals surface area contributed by atoms with E-state index in [-0.39, 0.29) is 17.2 Å². The molecule has 3 heterocycles. The molecule has 25 heavy (non-hydrogen) atoms. The zero-order valence-corrected chi connectivity index (χ0v) is 13.8. The van der Waals surface area contributed by atoms with Gasteiger partial charge in [0.25, 0.3) is 5.91 Å². The second-order valence-electron chi connectivity index (χ2n) is 5.60. The van der Waals surface area contributed by atoms with Gasteiger partial charge in [0.15, 0.2) is 0 Å². The summed E-state index contributed by atoms with van der Waals surface area (Å²) in [7, 11) is 3.04. The lowest BCUT2D eigenvalue weighted by Gasteiger charge is -2.15. The maximum absolute atomic E-state index is 12.5. The number of nitrogens with zero attached hydrogens (tertiary/aromatic N) is 4. The zero-order valence-electron chi connectivity index (χ0n) is 13.8. The van der Waals surface area contributed by atoms with E-state index in [0.717, 1.165) is 0 Å². The number of aromatic nitrogens is 3. The number of esters is 1. The number of hydrogen-bond donors (Lipinski definition) is 1. The molecule has 0 unspecified atom stereocenters. The lowest BCUT2D eigenvalue weighted by molar-refractivity contribution is -0.118. The zero-order chi connectivity index (χ0) is 18.0. The standard InChI is InChI=1S/C16H17N5O4/c1-20-9-11(8-18-20)21-6-5-13(15(21)23)19-14(22)12-4-3-10(7-17-12)16(24)25-2/h3-4,7-9,13H,5-6H2,1-2H3,(H,19,22)/t13-/m1/s1. The molecule has 0 aromatic carbocycles. The first-order chi connectivity index (χ1) is 12.0. The third-order valence-corrected chi connectivity index (χ3v) is 3.93. The van der Waals surface area contributed by atoms with Crippen molar-refractivity contribution in [1.82, 2.24) is 20.1 Å². The summed E-state index contributed by atoms with van der Waals surface area (Å²) in [6.45, 7) is 0.504. The van der Waals surface area contributed by atoms with Gasteiger partial charge in [-0.15, -0.1) is 0 Å². The lowest BCUT2D eigenvalue weighted by Crippen LogP contribution is -2.41. The molecular weight excluding hydrogens is 326 g/mol. The molecule has 0 radical (unpaired) electrons. The molecule has 130 valence electrons. The van der Waals surface area contributed by atoms with E-state index < -0.39 is 17.9 Å². The van der Waals surface area contributed by atoms with Crippen LogP contribution in [0.25, 0.3) is 0 Å². The van der Waals surface area contributed by atoms with Crippen LogP contribution < -0.4 is 10.2 Å². The minimum absolute atomic E-state index is 0.125. The van der Waals surface area contributed by atoms with Crippen LogP contribution in [-0.4, -0.2) is 52.2 Å². The summed E-state index contributed by atoms with van der Waals surface area (Å²) in [4.78, 5) is 41.6. The fraction of sp³-hybridized carbons (Fsp3) is 0.312. The summed E-state index contributed by atoms with van der Waals surface area (Å²) < 4.78 is 6.19. The number of carbonyl (C=O) groups is 3. The number of anilines is 1. The van der Waals surface area contributed by atoms with Crippen molar-refractivity contribution in [2.24, 2.45) is 7.05 Å². The average Bonchev–Trinajstić information content (AvgIpc) is 3.20. The molecule has 1 atom stereocenters. The predicted molar refractivity (Wildman–Crippen MR) is 87.0 cm³/mol. The SMILES string of the molecule is COC(=O)c1ccc(C(=O)N[C@@H]2CCN(c3cnn(C)c3)C2=O)nc1. The number of rotatable bonds is 4. The Morgan fingerprint density at radius 2 is 2.12 bits per heavy atom. The van der Waals surface area contributed by atoms with Gasteiger partial charge >= 0.3 is 5.97 Å². The molecule has 9 nitrogen and oxygen atoms in total. The van der Waals surface area contributed by atoms with E-state index >= 15 is 0 Å². The minimum Gasteiger partial charge on any atom is -0.465 e. The fourth-order valence-corrected chi connectivity index (χ4v) is 2.62. The van der Waals surface area contributed by atoms with Crippen molar-refractivity contribution in [2.75, 3.05) is 18.6 Å². The minimum atomic E-state index is -0.616. The van der Waals surface area contributed by atoms with Gasteiger partial charge in [0.2, 0.25) is 5.91 Å². The maximum Gasteiger partial charge on any atom is 0.339 e. The molecule has 1 fully saturated rings. The monoisotopic (exact) mass is 343 g/mol. The van der Waals surface area contributed by atoms with Crippen LogP contribution in [0.4, 0.5) is 5.69 Å². The summed E-state index contributed by atoms with van der Waals surface area (Å²) in [5, 5.41) is 6.72. The van der Waals surface area contributed by atoms with Gasteiger partial charge in [0, 0.05) is 26.0 Å². The molecule has 3 rings (SSSR count). The molecule has 9 heteroatoms. The van der Waals surface area contributed by atoms with Gasteiger partial charge in [0.1, 0.15) is 11.7 Å². The molecule has 0 bridgehead atoms. The summed E-state index contributed by atoms with van der Waals surface area (Å²) in [6, 6.07) is 2.25. The largest absolute Gasteiger partial charge is 0.465 e. The van der Waals surface area contributed by atoms with E-state index in [9.17, 15) is 14.4 Å². The Labute approximate surface area is 143 Å². The van der Waals surface area contributed by atoms with Crippen LogP contribution >= 0.6 is 0 Å². The van der Waals surface area contributed by atoms with E-state index in [1.807, 2.05) is 0 Å². The van der Waals surface area contributed by atoms with E-state index in [2.05, 4.69) is 20.1 Å². The number of aryl methyl sites for hydroxylation is 1. The van der Waals surface area contributed by atoms with Gasteiger partial charge in [-0.1, -0.05) is 0 Å². The van der Waals surface area contributed by atoms with Gasteiger partial charge in [-0.25, -0.2) is 4.79 Å². The number of pyridine rings is 1. The molecule has 1 aliphatic rings. The summed E-state index contributed by atoms with van der Waals surface area (Å²) in [6.07, 6.45) is 5.11. The molecular formula is C16H17N5O4. The maximum atomic E-state index is 12.5. The van der Waals surface area contributed by atoms with Crippen LogP contribution in [-0.2, 0) is 16.6 Å². The highest BCUT2D eigenvalue weighted by Crippen LogP contribution is 2.20. The number of hydrogen-bond acceptors (Lipinski definition) is 6. The molecule has 2 aromatic heterocycles. The number of carbonyl (C=O) groups excluding carboxylic acids is 3. The van der Waals surface area contributed by atoms with Gasteiger partial charge in [-0.2, -0.15) is 5.10 Å². The van der Waals surface area contributed by atoms with Crippen LogP contribution in [0.3, 0.4) is 0 Å². The van der Waals surface area contributed by atoms with E-state index in [1.54, 1.807) is 29.0 Å². The van der Waals surface area contributed by atoms with Crippen LogP contribution in [0.2, 0.25) is 0 Å². The third-order valence-electron chi connectivity index (χ3n) is 3.93. The molecule has 0 saturated carbocycles.